The Morgan fingerprint density at radius 2 is 2.50 bits per heavy atom. The Labute approximate surface area is 107 Å². The average Bonchev–Trinajstić information content (AvgIpc) is 3.06. The van der Waals surface area contributed by atoms with Gasteiger partial charge in [0.15, 0.2) is 0 Å². The Bertz CT molecular complexity index is 378. The molecule has 1 aromatic rings. The molecule has 1 fully saturated rings. The van der Waals surface area contributed by atoms with Crippen LogP contribution in [-0.4, -0.2) is 43.2 Å². The van der Waals surface area contributed by atoms with Crippen molar-refractivity contribution >= 4 is 5.91 Å². The molecule has 0 spiro atoms. The van der Waals surface area contributed by atoms with E-state index in [1.54, 1.807) is 18.3 Å². The zero-order valence-electron chi connectivity index (χ0n) is 10.9. The topological polar surface area (TPSA) is 54.7 Å². The normalized spacial score (nSPS) is 23.2. The number of furan rings is 1. The number of ether oxygens (including phenoxy) is 1. The van der Waals surface area contributed by atoms with Gasteiger partial charge >= 0.3 is 0 Å². The monoisotopic (exact) mass is 252 g/mol. The summed E-state index contributed by atoms with van der Waals surface area (Å²) in [4.78, 5) is 14.1. The molecule has 18 heavy (non-hydrogen) atoms. The summed E-state index contributed by atoms with van der Waals surface area (Å²) in [5, 5.41) is 3.20. The molecule has 0 radical (unpaired) electrons. The van der Waals surface area contributed by atoms with Gasteiger partial charge in [-0.2, -0.15) is 0 Å². The van der Waals surface area contributed by atoms with Crippen LogP contribution in [0.4, 0.5) is 0 Å². The zero-order valence-corrected chi connectivity index (χ0v) is 10.9. The smallest absolute Gasteiger partial charge is 0.240 e. The van der Waals surface area contributed by atoms with Crippen LogP contribution in [0, 0.1) is 0 Å². The van der Waals surface area contributed by atoms with Gasteiger partial charge in [0.05, 0.1) is 25.0 Å². The van der Waals surface area contributed by atoms with Gasteiger partial charge in [0.1, 0.15) is 5.76 Å². The van der Waals surface area contributed by atoms with Crippen LogP contribution < -0.4 is 5.32 Å². The number of likely N-dealkylation sites (N-methyl/N-ethyl adjacent to an activating group) is 1. The number of hydrogen-bond acceptors (Lipinski definition) is 4. The van der Waals surface area contributed by atoms with E-state index < -0.39 is 0 Å². The van der Waals surface area contributed by atoms with E-state index in [-0.39, 0.29) is 18.1 Å². The molecule has 0 bridgehead atoms. The standard InChI is InChI=1S/C13H20N2O3/c1-3-15(9-10-5-4-6-18-10)13(16)12-7-11(17-2)8-14-12/h4-6,11-12,14H,3,7-9H2,1-2H3. The van der Waals surface area contributed by atoms with Crippen LogP contribution in [0.25, 0.3) is 0 Å². The van der Waals surface area contributed by atoms with E-state index in [1.807, 2.05) is 19.1 Å². The molecular formula is C13H20N2O3. The summed E-state index contributed by atoms with van der Waals surface area (Å²) in [6, 6.07) is 3.59. The molecule has 100 valence electrons. The molecule has 1 aromatic heterocycles. The molecular weight excluding hydrogens is 232 g/mol. The van der Waals surface area contributed by atoms with Crippen LogP contribution in [0.1, 0.15) is 19.1 Å². The summed E-state index contributed by atoms with van der Waals surface area (Å²) in [6.07, 6.45) is 2.51. The molecule has 0 aromatic carbocycles. The number of rotatable bonds is 5. The molecule has 1 saturated heterocycles. The fraction of sp³-hybridized carbons (Fsp3) is 0.615. The highest BCUT2D eigenvalue weighted by Gasteiger charge is 2.32. The first-order chi connectivity index (χ1) is 8.74. The Balaban J connectivity index is 1.93. The molecule has 2 unspecified atom stereocenters. The first-order valence-electron chi connectivity index (χ1n) is 6.32. The van der Waals surface area contributed by atoms with Gasteiger partial charge < -0.3 is 19.4 Å². The van der Waals surface area contributed by atoms with Gasteiger partial charge in [-0.3, -0.25) is 4.79 Å². The second-order valence-corrected chi connectivity index (χ2v) is 4.49. The second-order valence-electron chi connectivity index (χ2n) is 4.49. The molecule has 0 saturated carbocycles. The molecule has 2 rings (SSSR count). The largest absolute Gasteiger partial charge is 0.467 e. The summed E-state index contributed by atoms with van der Waals surface area (Å²) in [5.74, 6) is 0.930. The molecule has 1 aliphatic rings. The molecule has 0 aliphatic carbocycles. The number of nitrogens with one attached hydrogen (secondary N) is 1. The van der Waals surface area contributed by atoms with Crippen LogP contribution in [0.5, 0.6) is 0 Å². The molecule has 5 heteroatoms. The fourth-order valence-electron chi connectivity index (χ4n) is 2.23. The number of carbonyl (C=O) groups excluding carboxylic acids is 1. The van der Waals surface area contributed by atoms with Gasteiger partial charge in [0.2, 0.25) is 5.91 Å². The van der Waals surface area contributed by atoms with Crippen molar-refractivity contribution in [3.05, 3.63) is 24.2 Å². The summed E-state index contributed by atoms with van der Waals surface area (Å²) in [7, 11) is 1.68. The van der Waals surface area contributed by atoms with Crippen LogP contribution >= 0.6 is 0 Å². The minimum absolute atomic E-state index is 0.119. The third kappa shape index (κ3) is 2.91. The van der Waals surface area contributed by atoms with E-state index >= 15 is 0 Å². The van der Waals surface area contributed by atoms with E-state index in [2.05, 4.69) is 5.32 Å². The minimum Gasteiger partial charge on any atom is -0.467 e. The zero-order chi connectivity index (χ0) is 13.0. The van der Waals surface area contributed by atoms with E-state index in [9.17, 15) is 4.79 Å². The lowest BCUT2D eigenvalue weighted by Crippen LogP contribution is -2.43. The van der Waals surface area contributed by atoms with E-state index in [4.69, 9.17) is 9.15 Å². The predicted octanol–water partition coefficient (Wildman–Crippen LogP) is 1.00. The molecule has 1 N–H and O–H groups in total. The van der Waals surface area contributed by atoms with Gasteiger partial charge in [0, 0.05) is 20.2 Å². The minimum atomic E-state index is -0.134. The maximum Gasteiger partial charge on any atom is 0.240 e. The van der Waals surface area contributed by atoms with Crippen molar-refractivity contribution in [3.63, 3.8) is 0 Å². The maximum absolute atomic E-state index is 12.3. The molecule has 2 atom stereocenters. The van der Waals surface area contributed by atoms with Crippen molar-refractivity contribution in [1.82, 2.24) is 10.2 Å². The summed E-state index contributed by atoms with van der Waals surface area (Å²) in [6.45, 7) is 3.92. The first kappa shape index (κ1) is 13.1. The second kappa shape index (κ2) is 6.02. The number of methoxy groups -OCH3 is 1. The Morgan fingerprint density at radius 1 is 1.67 bits per heavy atom. The molecule has 1 aliphatic heterocycles. The lowest BCUT2D eigenvalue weighted by molar-refractivity contribution is -0.133. The molecule has 1 amide bonds. The van der Waals surface area contributed by atoms with E-state index in [0.29, 0.717) is 13.1 Å². The lowest BCUT2D eigenvalue weighted by Gasteiger charge is -2.23. The van der Waals surface area contributed by atoms with Crippen molar-refractivity contribution < 1.29 is 13.9 Å². The Morgan fingerprint density at radius 3 is 3.06 bits per heavy atom. The highest BCUT2D eigenvalue weighted by atomic mass is 16.5. The molecule has 5 nitrogen and oxygen atoms in total. The van der Waals surface area contributed by atoms with Crippen molar-refractivity contribution in [2.45, 2.75) is 32.0 Å². The number of hydrogen-bond donors (Lipinski definition) is 1. The highest BCUT2D eigenvalue weighted by Crippen LogP contribution is 2.14. The van der Waals surface area contributed by atoms with Gasteiger partial charge in [-0.05, 0) is 25.5 Å². The number of carbonyl (C=O) groups is 1. The van der Waals surface area contributed by atoms with Crippen LogP contribution in [0.15, 0.2) is 22.8 Å². The van der Waals surface area contributed by atoms with Gasteiger partial charge in [-0.15, -0.1) is 0 Å². The van der Waals surface area contributed by atoms with Crippen LogP contribution in [0.2, 0.25) is 0 Å². The Kier molecular flexibility index (Phi) is 4.38. The quantitative estimate of drug-likeness (QED) is 0.849. The highest BCUT2D eigenvalue weighted by molar-refractivity contribution is 5.82. The van der Waals surface area contributed by atoms with Crippen molar-refractivity contribution in [1.29, 1.82) is 0 Å². The van der Waals surface area contributed by atoms with Crippen molar-refractivity contribution in [3.8, 4) is 0 Å². The maximum atomic E-state index is 12.3. The third-order valence-electron chi connectivity index (χ3n) is 3.34. The first-order valence-corrected chi connectivity index (χ1v) is 6.32. The third-order valence-corrected chi connectivity index (χ3v) is 3.34. The average molecular weight is 252 g/mol. The molecule has 2 heterocycles. The summed E-state index contributed by atoms with van der Waals surface area (Å²) >= 11 is 0. The van der Waals surface area contributed by atoms with Crippen LogP contribution in [0.3, 0.4) is 0 Å². The number of nitrogens with zero attached hydrogens (tertiary/aromatic N) is 1. The van der Waals surface area contributed by atoms with Crippen molar-refractivity contribution in [2.75, 3.05) is 20.2 Å². The van der Waals surface area contributed by atoms with E-state index in [1.165, 1.54) is 0 Å². The van der Waals surface area contributed by atoms with Crippen molar-refractivity contribution in [2.24, 2.45) is 0 Å². The number of amides is 1. The van der Waals surface area contributed by atoms with E-state index in [0.717, 1.165) is 18.7 Å². The summed E-state index contributed by atoms with van der Waals surface area (Å²) in [5.41, 5.74) is 0. The lowest BCUT2D eigenvalue weighted by atomic mass is 10.1. The van der Waals surface area contributed by atoms with Gasteiger partial charge in [-0.1, -0.05) is 0 Å². The summed E-state index contributed by atoms with van der Waals surface area (Å²) < 4.78 is 10.5. The Hall–Kier alpha value is -1.33. The fourth-order valence-corrected chi connectivity index (χ4v) is 2.23. The van der Waals surface area contributed by atoms with Crippen LogP contribution in [-0.2, 0) is 16.1 Å². The van der Waals surface area contributed by atoms with Gasteiger partial charge in [0.25, 0.3) is 0 Å². The van der Waals surface area contributed by atoms with Gasteiger partial charge in [-0.25, -0.2) is 0 Å². The predicted molar refractivity (Wildman–Crippen MR) is 67.0 cm³/mol. The SMILES string of the molecule is CCN(Cc1ccco1)C(=O)C1CC(OC)CN1.